The summed E-state index contributed by atoms with van der Waals surface area (Å²) in [6, 6.07) is 7.88. The highest BCUT2D eigenvalue weighted by Gasteiger charge is 2.18. The van der Waals surface area contributed by atoms with Crippen LogP contribution in [0.3, 0.4) is 0 Å². The molecule has 0 radical (unpaired) electrons. The number of carbonyl (C=O) groups is 1. The van der Waals surface area contributed by atoms with Gasteiger partial charge in [0.15, 0.2) is 11.5 Å². The maximum Gasteiger partial charge on any atom is 0.244 e. The zero-order chi connectivity index (χ0) is 19.8. The Hall–Kier alpha value is -2.47. The van der Waals surface area contributed by atoms with E-state index in [9.17, 15) is 4.79 Å². The molecule has 6 nitrogen and oxygen atoms in total. The first-order valence-electron chi connectivity index (χ1n) is 9.91. The number of benzene rings is 1. The Balaban J connectivity index is 0.00000300. The summed E-state index contributed by atoms with van der Waals surface area (Å²) in [5.41, 5.74) is 1.92. The lowest BCUT2D eigenvalue weighted by molar-refractivity contribution is -0.117. The van der Waals surface area contributed by atoms with Crippen LogP contribution in [-0.2, 0) is 11.2 Å². The number of aromatic nitrogens is 2. The molecule has 1 aliphatic rings. The number of carbonyl (C=O) groups excluding carboxylic acids is 1. The molecule has 29 heavy (non-hydrogen) atoms. The van der Waals surface area contributed by atoms with E-state index in [-0.39, 0.29) is 18.3 Å². The average Bonchev–Trinajstić information content (AvgIpc) is 3.22. The highest BCUT2D eigenvalue weighted by Crippen LogP contribution is 2.29. The standard InChI is InChI=1S/C22H29N3O3.ClH/c1-16-3-7-18(8-4-16)24-22(26)10-6-17-5-9-20(21(15-17)27-2)28-14-12-19-11-13-23-25-19;/h5-6,9-11,13,15-16,18H,3-4,7-8,12,14H2,1-2H3,(H,23,25)(H,24,26);1H. The molecular formula is C22H30ClN3O3. The highest BCUT2D eigenvalue weighted by atomic mass is 35.5. The number of amides is 1. The Morgan fingerprint density at radius 1 is 1.24 bits per heavy atom. The molecule has 3 rings (SSSR count). The molecule has 7 heteroatoms. The first kappa shape index (κ1) is 22.8. The van der Waals surface area contributed by atoms with Crippen LogP contribution in [0.2, 0.25) is 0 Å². The fourth-order valence-corrected chi connectivity index (χ4v) is 3.43. The molecule has 1 fully saturated rings. The van der Waals surface area contributed by atoms with Crippen molar-refractivity contribution >= 4 is 24.4 Å². The van der Waals surface area contributed by atoms with Crippen LogP contribution in [0.15, 0.2) is 36.5 Å². The third kappa shape index (κ3) is 7.13. The normalized spacial score (nSPS) is 18.8. The van der Waals surface area contributed by atoms with Crippen LogP contribution in [0.4, 0.5) is 0 Å². The minimum atomic E-state index is -0.0431. The van der Waals surface area contributed by atoms with E-state index in [0.29, 0.717) is 24.1 Å². The number of ether oxygens (including phenoxy) is 2. The van der Waals surface area contributed by atoms with E-state index in [1.165, 1.54) is 12.8 Å². The first-order chi connectivity index (χ1) is 13.6. The summed E-state index contributed by atoms with van der Waals surface area (Å²) in [4.78, 5) is 12.2. The predicted molar refractivity (Wildman–Crippen MR) is 117 cm³/mol. The molecular weight excluding hydrogens is 390 g/mol. The number of hydrogen-bond acceptors (Lipinski definition) is 4. The molecule has 1 heterocycles. The Morgan fingerprint density at radius 2 is 2.03 bits per heavy atom. The summed E-state index contributed by atoms with van der Waals surface area (Å²) >= 11 is 0. The second kappa shape index (κ2) is 11.5. The third-order valence-corrected chi connectivity index (χ3v) is 5.16. The largest absolute Gasteiger partial charge is 0.493 e. The maximum absolute atomic E-state index is 12.2. The minimum absolute atomic E-state index is 0. The molecule has 158 valence electrons. The smallest absolute Gasteiger partial charge is 0.244 e. The van der Waals surface area contributed by atoms with E-state index < -0.39 is 0 Å². The van der Waals surface area contributed by atoms with E-state index in [0.717, 1.165) is 36.4 Å². The summed E-state index contributed by atoms with van der Waals surface area (Å²) in [6.45, 7) is 2.80. The van der Waals surface area contributed by atoms with Crippen LogP contribution in [-0.4, -0.2) is 35.9 Å². The van der Waals surface area contributed by atoms with E-state index in [2.05, 4.69) is 22.4 Å². The summed E-state index contributed by atoms with van der Waals surface area (Å²) in [5, 5.41) is 9.93. The van der Waals surface area contributed by atoms with E-state index in [1.54, 1.807) is 25.5 Å². The SMILES string of the molecule is COc1cc(C=CC(=O)NC2CCC(C)CC2)ccc1OCCc1ccn[nH]1.Cl. The zero-order valence-corrected chi connectivity index (χ0v) is 17.8. The Morgan fingerprint density at radius 3 is 2.72 bits per heavy atom. The van der Waals surface area contributed by atoms with Gasteiger partial charge in [0, 0.05) is 30.4 Å². The van der Waals surface area contributed by atoms with Gasteiger partial charge in [-0.15, -0.1) is 12.4 Å². The molecule has 0 unspecified atom stereocenters. The van der Waals surface area contributed by atoms with Gasteiger partial charge in [0.05, 0.1) is 13.7 Å². The van der Waals surface area contributed by atoms with Gasteiger partial charge in [0.2, 0.25) is 5.91 Å². The summed E-state index contributed by atoms with van der Waals surface area (Å²) in [7, 11) is 1.61. The van der Waals surface area contributed by atoms with Crippen LogP contribution in [0.25, 0.3) is 6.08 Å². The van der Waals surface area contributed by atoms with Crippen molar-refractivity contribution in [3.63, 3.8) is 0 Å². The molecule has 1 amide bonds. The van der Waals surface area contributed by atoms with Crippen LogP contribution in [0.1, 0.15) is 43.9 Å². The van der Waals surface area contributed by atoms with Crippen molar-refractivity contribution in [3.05, 3.63) is 47.8 Å². The molecule has 0 atom stereocenters. The van der Waals surface area contributed by atoms with Gasteiger partial charge in [0.1, 0.15) is 0 Å². The van der Waals surface area contributed by atoms with Crippen molar-refractivity contribution in [2.45, 2.75) is 45.1 Å². The van der Waals surface area contributed by atoms with Gasteiger partial charge in [-0.3, -0.25) is 9.89 Å². The lowest BCUT2D eigenvalue weighted by Crippen LogP contribution is -2.36. The predicted octanol–water partition coefficient (Wildman–Crippen LogP) is 4.17. The lowest BCUT2D eigenvalue weighted by atomic mass is 9.87. The van der Waals surface area contributed by atoms with Crippen LogP contribution in [0.5, 0.6) is 11.5 Å². The Bertz CT molecular complexity index is 785. The monoisotopic (exact) mass is 419 g/mol. The van der Waals surface area contributed by atoms with Gasteiger partial charge in [-0.2, -0.15) is 5.10 Å². The van der Waals surface area contributed by atoms with Crippen molar-refractivity contribution in [3.8, 4) is 11.5 Å². The van der Waals surface area contributed by atoms with E-state index in [1.807, 2.05) is 24.3 Å². The Labute approximate surface area is 178 Å². The Kier molecular flexibility index (Phi) is 9.06. The van der Waals surface area contributed by atoms with Gasteiger partial charge in [-0.25, -0.2) is 0 Å². The third-order valence-electron chi connectivity index (χ3n) is 5.16. The zero-order valence-electron chi connectivity index (χ0n) is 17.0. The molecule has 0 spiro atoms. The highest BCUT2D eigenvalue weighted by molar-refractivity contribution is 5.92. The van der Waals surface area contributed by atoms with Crippen molar-refractivity contribution in [2.75, 3.05) is 13.7 Å². The number of rotatable bonds is 8. The van der Waals surface area contributed by atoms with Crippen LogP contribution in [0, 0.1) is 5.92 Å². The quantitative estimate of drug-likeness (QED) is 0.629. The summed E-state index contributed by atoms with van der Waals surface area (Å²) < 4.78 is 11.2. The van der Waals surface area contributed by atoms with Crippen LogP contribution >= 0.6 is 12.4 Å². The first-order valence-corrected chi connectivity index (χ1v) is 9.91. The number of H-pyrrole nitrogens is 1. The number of nitrogens with zero attached hydrogens (tertiary/aromatic N) is 1. The topological polar surface area (TPSA) is 76.2 Å². The molecule has 0 saturated heterocycles. The van der Waals surface area contributed by atoms with Crippen LogP contribution < -0.4 is 14.8 Å². The summed E-state index contributed by atoms with van der Waals surface area (Å²) in [6.07, 6.45) is 10.4. The van der Waals surface area contributed by atoms with E-state index >= 15 is 0 Å². The fourth-order valence-electron chi connectivity index (χ4n) is 3.43. The van der Waals surface area contributed by atoms with Crippen molar-refractivity contribution < 1.29 is 14.3 Å². The molecule has 1 saturated carbocycles. The number of aromatic amines is 1. The molecule has 0 bridgehead atoms. The summed E-state index contributed by atoms with van der Waals surface area (Å²) in [5.74, 6) is 2.06. The molecule has 1 aromatic carbocycles. The molecule has 2 N–H and O–H groups in total. The number of hydrogen-bond donors (Lipinski definition) is 2. The minimum Gasteiger partial charge on any atom is -0.493 e. The van der Waals surface area contributed by atoms with E-state index in [4.69, 9.17) is 9.47 Å². The molecule has 1 aromatic heterocycles. The molecule has 1 aliphatic carbocycles. The van der Waals surface area contributed by atoms with Crippen molar-refractivity contribution in [2.24, 2.45) is 5.92 Å². The molecule has 0 aliphatic heterocycles. The molecule has 2 aromatic rings. The van der Waals surface area contributed by atoms with Crippen molar-refractivity contribution in [1.29, 1.82) is 0 Å². The number of nitrogens with one attached hydrogen (secondary N) is 2. The van der Waals surface area contributed by atoms with Gasteiger partial charge in [-0.1, -0.05) is 13.0 Å². The number of methoxy groups -OCH3 is 1. The van der Waals surface area contributed by atoms with Gasteiger partial charge >= 0.3 is 0 Å². The van der Waals surface area contributed by atoms with Gasteiger partial charge in [-0.05, 0) is 61.4 Å². The number of halogens is 1. The van der Waals surface area contributed by atoms with Gasteiger partial charge in [0.25, 0.3) is 0 Å². The fraction of sp³-hybridized carbons (Fsp3) is 0.455. The average molecular weight is 420 g/mol. The maximum atomic E-state index is 12.2. The lowest BCUT2D eigenvalue weighted by Gasteiger charge is -2.26. The second-order valence-corrected chi connectivity index (χ2v) is 7.39. The van der Waals surface area contributed by atoms with Gasteiger partial charge < -0.3 is 14.8 Å². The van der Waals surface area contributed by atoms with Crippen molar-refractivity contribution in [1.82, 2.24) is 15.5 Å². The second-order valence-electron chi connectivity index (χ2n) is 7.39.